The van der Waals surface area contributed by atoms with Gasteiger partial charge in [0.1, 0.15) is 5.82 Å². The average molecular weight is 496 g/mol. The molecule has 5 rings (SSSR count). The van der Waals surface area contributed by atoms with Crippen LogP contribution in [-0.2, 0) is 22.9 Å². The van der Waals surface area contributed by atoms with Gasteiger partial charge < -0.3 is 4.57 Å². The zero-order valence-electron chi connectivity index (χ0n) is 20.1. The number of benzene rings is 2. The number of carbonyl (C=O) groups excluding carboxylic acids is 1. The van der Waals surface area contributed by atoms with Gasteiger partial charge in [0.2, 0.25) is 10.0 Å². The molecule has 0 spiro atoms. The third kappa shape index (κ3) is 4.58. The van der Waals surface area contributed by atoms with E-state index in [0.29, 0.717) is 36.6 Å². The van der Waals surface area contributed by atoms with Gasteiger partial charge in [0, 0.05) is 48.8 Å². The molecule has 0 radical (unpaired) electrons. The third-order valence-corrected chi connectivity index (χ3v) is 9.12. The van der Waals surface area contributed by atoms with Gasteiger partial charge in [-0.2, -0.15) is 4.31 Å². The molecule has 0 atom stereocenters. The molecule has 0 saturated carbocycles. The fourth-order valence-electron chi connectivity index (χ4n) is 5.31. The summed E-state index contributed by atoms with van der Waals surface area (Å²) in [6.45, 7) is 5.79. The molecule has 8 heteroatoms. The highest BCUT2D eigenvalue weighted by Crippen LogP contribution is 2.27. The highest BCUT2D eigenvalue weighted by Gasteiger charge is 2.30. The monoisotopic (exact) mass is 495 g/mol. The lowest BCUT2D eigenvalue weighted by Gasteiger charge is -2.33. The first-order chi connectivity index (χ1) is 16.7. The van der Waals surface area contributed by atoms with Gasteiger partial charge in [-0.3, -0.25) is 9.69 Å². The van der Waals surface area contributed by atoms with Crippen molar-refractivity contribution in [3.05, 3.63) is 82.4 Å². The number of aromatic nitrogens is 1. The summed E-state index contributed by atoms with van der Waals surface area (Å²) in [6, 6.07) is 13.6. The molecular formula is C27H30FN3O3S. The van der Waals surface area contributed by atoms with Crippen molar-refractivity contribution in [2.24, 2.45) is 0 Å². The molecule has 1 aromatic heterocycles. The molecule has 0 amide bonds. The van der Waals surface area contributed by atoms with Crippen molar-refractivity contribution in [2.75, 3.05) is 32.7 Å². The molecule has 3 aromatic rings. The van der Waals surface area contributed by atoms with Crippen LogP contribution in [0.5, 0.6) is 0 Å². The van der Waals surface area contributed by atoms with Gasteiger partial charge in [0.15, 0.2) is 5.78 Å². The Morgan fingerprint density at radius 3 is 2.31 bits per heavy atom. The van der Waals surface area contributed by atoms with Gasteiger partial charge in [-0.1, -0.05) is 6.07 Å². The number of sulfonamides is 1. The minimum Gasteiger partial charge on any atom is -0.318 e. The van der Waals surface area contributed by atoms with E-state index >= 15 is 0 Å². The number of rotatable bonds is 6. The molecule has 2 aromatic carbocycles. The van der Waals surface area contributed by atoms with E-state index < -0.39 is 10.0 Å². The first-order valence-corrected chi connectivity index (χ1v) is 13.5. The molecular weight excluding hydrogens is 465 g/mol. The normalized spacial score (nSPS) is 17.0. The molecule has 1 fully saturated rings. The van der Waals surface area contributed by atoms with Crippen LogP contribution in [0.15, 0.2) is 53.4 Å². The minimum atomic E-state index is -3.54. The van der Waals surface area contributed by atoms with Crippen LogP contribution in [0.2, 0.25) is 0 Å². The van der Waals surface area contributed by atoms with E-state index in [9.17, 15) is 17.6 Å². The number of Topliss-reactive ketones (excluding diaryl/α,β-unsaturated/α-hetero) is 1. The van der Waals surface area contributed by atoms with Crippen LogP contribution < -0.4 is 0 Å². The van der Waals surface area contributed by atoms with Crippen LogP contribution in [0.3, 0.4) is 0 Å². The summed E-state index contributed by atoms with van der Waals surface area (Å²) >= 11 is 0. The molecule has 0 N–H and O–H groups in total. The molecule has 6 nitrogen and oxygen atoms in total. The topological polar surface area (TPSA) is 62.6 Å². The van der Waals surface area contributed by atoms with Gasteiger partial charge in [-0.25, -0.2) is 12.8 Å². The Kier molecular flexibility index (Phi) is 6.38. The van der Waals surface area contributed by atoms with Gasteiger partial charge in [0.25, 0.3) is 0 Å². The van der Waals surface area contributed by atoms with Crippen molar-refractivity contribution in [2.45, 2.75) is 38.0 Å². The predicted molar refractivity (Wildman–Crippen MR) is 133 cm³/mol. The smallest absolute Gasteiger partial charge is 0.243 e. The minimum absolute atomic E-state index is 0.00129. The second-order valence-electron chi connectivity index (χ2n) is 9.48. The van der Waals surface area contributed by atoms with E-state index in [-0.39, 0.29) is 18.1 Å². The lowest BCUT2D eigenvalue weighted by molar-refractivity contribution is 0.0901. The molecule has 1 aliphatic heterocycles. The number of fused-ring (bicyclic) bond motifs is 1. The molecule has 184 valence electrons. The summed E-state index contributed by atoms with van der Waals surface area (Å²) in [4.78, 5) is 15.5. The van der Waals surface area contributed by atoms with Gasteiger partial charge >= 0.3 is 0 Å². The van der Waals surface area contributed by atoms with E-state index in [2.05, 4.69) is 0 Å². The Morgan fingerprint density at radius 2 is 1.60 bits per heavy atom. The summed E-state index contributed by atoms with van der Waals surface area (Å²) < 4.78 is 43.2. The second kappa shape index (κ2) is 9.33. The van der Waals surface area contributed by atoms with Crippen molar-refractivity contribution < 1.29 is 17.6 Å². The van der Waals surface area contributed by atoms with Crippen molar-refractivity contribution in [3.63, 3.8) is 0 Å². The lowest BCUT2D eigenvalue weighted by Crippen LogP contribution is -2.49. The number of nitrogens with zero attached hydrogens (tertiary/aromatic N) is 3. The maximum atomic E-state index is 13.3. The maximum Gasteiger partial charge on any atom is 0.243 e. The first-order valence-electron chi connectivity index (χ1n) is 12.1. The van der Waals surface area contributed by atoms with Crippen molar-refractivity contribution in [1.29, 1.82) is 0 Å². The molecule has 1 aliphatic carbocycles. The van der Waals surface area contributed by atoms with Crippen LogP contribution in [0.25, 0.3) is 5.69 Å². The molecule has 2 aliphatic rings. The van der Waals surface area contributed by atoms with E-state index in [1.54, 1.807) is 18.2 Å². The Balaban J connectivity index is 1.24. The van der Waals surface area contributed by atoms with Gasteiger partial charge in [-0.05, 0) is 86.7 Å². The van der Waals surface area contributed by atoms with Crippen LogP contribution >= 0.6 is 0 Å². The van der Waals surface area contributed by atoms with Gasteiger partial charge in [-0.15, -0.1) is 0 Å². The SMILES string of the molecule is Cc1cc(C(=O)CN2CCN(S(=O)(=O)c3ccc4c(c3)CCC4)CC2)c(C)n1-c1ccc(F)cc1. The predicted octanol–water partition coefficient (Wildman–Crippen LogP) is 3.91. The van der Waals surface area contributed by atoms with Crippen LogP contribution in [-0.4, -0.2) is 60.7 Å². The number of hydrogen-bond donors (Lipinski definition) is 0. The Hall–Kier alpha value is -2.81. The van der Waals surface area contributed by atoms with E-state index in [0.717, 1.165) is 41.9 Å². The van der Waals surface area contributed by atoms with Gasteiger partial charge in [0.05, 0.1) is 11.4 Å². The second-order valence-corrected chi connectivity index (χ2v) is 11.4. The first kappa shape index (κ1) is 23.9. The molecule has 2 heterocycles. The maximum absolute atomic E-state index is 13.3. The molecule has 0 bridgehead atoms. The van der Waals surface area contributed by atoms with Crippen LogP contribution in [0.1, 0.15) is 39.3 Å². The van der Waals surface area contributed by atoms with Crippen molar-refractivity contribution in [1.82, 2.24) is 13.8 Å². The Morgan fingerprint density at radius 1 is 0.914 bits per heavy atom. The van der Waals surface area contributed by atoms with Crippen LogP contribution in [0.4, 0.5) is 4.39 Å². The molecule has 1 saturated heterocycles. The summed E-state index contributed by atoms with van der Waals surface area (Å²) in [5.41, 5.74) is 5.57. The summed E-state index contributed by atoms with van der Waals surface area (Å²) in [6.07, 6.45) is 3.04. The quantitative estimate of drug-likeness (QED) is 0.487. The number of ketones is 1. The summed E-state index contributed by atoms with van der Waals surface area (Å²) in [7, 11) is -3.54. The van der Waals surface area contributed by atoms with Crippen LogP contribution in [0, 0.1) is 19.7 Å². The number of hydrogen-bond acceptors (Lipinski definition) is 4. The number of piperazine rings is 1. The molecule has 0 unspecified atom stereocenters. The Labute approximate surface area is 206 Å². The van der Waals surface area contributed by atoms with E-state index in [1.807, 2.05) is 41.5 Å². The largest absolute Gasteiger partial charge is 0.318 e. The number of aryl methyl sites for hydroxylation is 3. The molecule has 35 heavy (non-hydrogen) atoms. The summed E-state index contributed by atoms with van der Waals surface area (Å²) in [5.74, 6) is -0.300. The fraction of sp³-hybridized carbons (Fsp3) is 0.370. The zero-order valence-corrected chi connectivity index (χ0v) is 20.9. The zero-order chi connectivity index (χ0) is 24.7. The highest BCUT2D eigenvalue weighted by molar-refractivity contribution is 7.89. The standard InChI is InChI=1S/C27H30FN3O3S/c1-19-16-26(20(2)31(19)24-9-7-23(28)8-10-24)27(32)18-29-12-14-30(15-13-29)35(33,34)25-11-6-21-4-3-5-22(21)17-25/h6-11,16-17H,3-5,12-15,18H2,1-2H3. The van der Waals surface area contributed by atoms with Crippen molar-refractivity contribution in [3.8, 4) is 5.69 Å². The highest BCUT2D eigenvalue weighted by atomic mass is 32.2. The Bertz CT molecular complexity index is 1370. The fourth-order valence-corrected chi connectivity index (χ4v) is 6.78. The third-order valence-electron chi connectivity index (χ3n) is 7.22. The van der Waals surface area contributed by atoms with E-state index in [1.165, 1.54) is 22.0 Å². The summed E-state index contributed by atoms with van der Waals surface area (Å²) in [5, 5.41) is 0. The van der Waals surface area contributed by atoms with E-state index in [4.69, 9.17) is 0 Å². The average Bonchev–Trinajstić information content (AvgIpc) is 3.43. The lowest BCUT2D eigenvalue weighted by atomic mass is 10.1. The number of carbonyl (C=O) groups is 1. The van der Waals surface area contributed by atoms with Crippen molar-refractivity contribution >= 4 is 15.8 Å². The number of halogens is 1.